The molecule has 6 nitrogen and oxygen atoms in total. The zero-order chi connectivity index (χ0) is 19.0. The minimum Gasteiger partial charge on any atom is -0.342 e. The van der Waals surface area contributed by atoms with Crippen molar-refractivity contribution in [3.05, 3.63) is 33.7 Å². The van der Waals surface area contributed by atoms with Crippen molar-refractivity contribution in [1.29, 1.82) is 0 Å². The van der Waals surface area contributed by atoms with Gasteiger partial charge in [-0.2, -0.15) is 0 Å². The number of carbonyl (C=O) groups is 2. The second-order valence-corrected chi connectivity index (χ2v) is 8.52. The van der Waals surface area contributed by atoms with Crippen LogP contribution in [0.5, 0.6) is 0 Å². The monoisotopic (exact) mass is 371 g/mol. The van der Waals surface area contributed by atoms with Gasteiger partial charge in [0.15, 0.2) is 0 Å². The van der Waals surface area contributed by atoms with E-state index in [-0.39, 0.29) is 17.4 Å². The quantitative estimate of drug-likeness (QED) is 0.882. The molecule has 1 atom stereocenters. The lowest BCUT2D eigenvalue weighted by atomic mass is 9.77. The number of nitrogens with zero attached hydrogens (tertiary/aromatic N) is 2. The molecular weight excluding hydrogens is 342 g/mol. The molecule has 2 saturated heterocycles. The first kappa shape index (κ1) is 18.3. The molecule has 1 aromatic heterocycles. The molecule has 27 heavy (non-hydrogen) atoms. The molecule has 6 heteroatoms. The Morgan fingerprint density at radius 3 is 2.70 bits per heavy atom. The van der Waals surface area contributed by atoms with E-state index >= 15 is 0 Å². The van der Waals surface area contributed by atoms with Gasteiger partial charge in [0.05, 0.1) is 5.41 Å². The van der Waals surface area contributed by atoms with Crippen LogP contribution in [0.3, 0.4) is 0 Å². The number of piperidine rings is 1. The largest absolute Gasteiger partial charge is 0.342 e. The molecule has 0 bridgehead atoms. The number of carbonyl (C=O) groups excluding carboxylic acids is 2. The maximum Gasteiger partial charge on any atom is 0.254 e. The SMILES string of the molecule is CCc1cc(C(=O)N2CCC3(CCCN(CC4CCC4)C3=O)C2)cc(=O)[nH]1. The molecule has 2 amide bonds. The van der Waals surface area contributed by atoms with Crippen LogP contribution < -0.4 is 5.56 Å². The van der Waals surface area contributed by atoms with E-state index in [1.54, 1.807) is 11.0 Å². The molecule has 1 unspecified atom stereocenters. The lowest BCUT2D eigenvalue weighted by Gasteiger charge is -2.42. The molecular formula is C21H29N3O3. The summed E-state index contributed by atoms with van der Waals surface area (Å²) in [6.07, 6.45) is 7.07. The Morgan fingerprint density at radius 1 is 1.19 bits per heavy atom. The highest BCUT2D eigenvalue weighted by Gasteiger charge is 2.49. The van der Waals surface area contributed by atoms with E-state index in [1.165, 1.54) is 25.3 Å². The van der Waals surface area contributed by atoms with E-state index in [0.29, 0.717) is 31.0 Å². The molecule has 1 aliphatic carbocycles. The number of amides is 2. The van der Waals surface area contributed by atoms with E-state index in [2.05, 4.69) is 9.88 Å². The molecule has 3 fully saturated rings. The Kier molecular flexibility index (Phi) is 4.82. The van der Waals surface area contributed by atoms with Crippen LogP contribution in [-0.4, -0.2) is 52.8 Å². The van der Waals surface area contributed by atoms with Crippen LogP contribution in [0.4, 0.5) is 0 Å². The Morgan fingerprint density at radius 2 is 2.00 bits per heavy atom. The van der Waals surface area contributed by atoms with Gasteiger partial charge in [-0.25, -0.2) is 0 Å². The average Bonchev–Trinajstić information content (AvgIpc) is 3.05. The maximum atomic E-state index is 13.2. The average molecular weight is 371 g/mol. The fourth-order valence-corrected chi connectivity index (χ4v) is 4.84. The summed E-state index contributed by atoms with van der Waals surface area (Å²) in [6.45, 7) is 4.78. The lowest BCUT2D eigenvalue weighted by Crippen LogP contribution is -2.52. The first-order chi connectivity index (χ1) is 13.0. The van der Waals surface area contributed by atoms with Gasteiger partial charge in [-0.15, -0.1) is 0 Å². The van der Waals surface area contributed by atoms with Gasteiger partial charge in [0.25, 0.3) is 5.91 Å². The highest BCUT2D eigenvalue weighted by molar-refractivity contribution is 5.95. The third-order valence-electron chi connectivity index (χ3n) is 6.70. The van der Waals surface area contributed by atoms with Crippen molar-refractivity contribution in [3.63, 3.8) is 0 Å². The van der Waals surface area contributed by atoms with Crippen molar-refractivity contribution in [1.82, 2.24) is 14.8 Å². The van der Waals surface area contributed by atoms with Crippen molar-refractivity contribution >= 4 is 11.8 Å². The Bertz CT molecular complexity index is 798. The molecule has 0 aromatic carbocycles. The number of likely N-dealkylation sites (tertiary alicyclic amines) is 2. The summed E-state index contributed by atoms with van der Waals surface area (Å²) in [5.74, 6) is 0.791. The number of pyridine rings is 1. The predicted molar refractivity (Wildman–Crippen MR) is 103 cm³/mol. The van der Waals surface area contributed by atoms with Gasteiger partial charge >= 0.3 is 0 Å². The van der Waals surface area contributed by atoms with Gasteiger partial charge in [0.2, 0.25) is 11.5 Å². The molecule has 1 spiro atoms. The summed E-state index contributed by atoms with van der Waals surface area (Å²) in [5, 5.41) is 0. The van der Waals surface area contributed by atoms with Crippen LogP contribution in [0.25, 0.3) is 0 Å². The lowest BCUT2D eigenvalue weighted by molar-refractivity contribution is -0.146. The minimum absolute atomic E-state index is 0.128. The van der Waals surface area contributed by atoms with E-state index in [4.69, 9.17) is 0 Å². The molecule has 0 radical (unpaired) electrons. The normalized spacial score (nSPS) is 25.9. The van der Waals surface area contributed by atoms with Gasteiger partial charge in [0.1, 0.15) is 0 Å². The molecule has 1 N–H and O–H groups in total. The fraction of sp³-hybridized carbons (Fsp3) is 0.667. The highest BCUT2D eigenvalue weighted by Crippen LogP contribution is 2.41. The van der Waals surface area contributed by atoms with Gasteiger partial charge < -0.3 is 14.8 Å². The van der Waals surface area contributed by atoms with Crippen LogP contribution in [0.2, 0.25) is 0 Å². The van der Waals surface area contributed by atoms with Crippen LogP contribution in [-0.2, 0) is 11.2 Å². The van der Waals surface area contributed by atoms with Crippen LogP contribution in [0.15, 0.2) is 16.9 Å². The summed E-state index contributed by atoms with van der Waals surface area (Å²) >= 11 is 0. The van der Waals surface area contributed by atoms with E-state index in [9.17, 15) is 14.4 Å². The second-order valence-electron chi connectivity index (χ2n) is 8.52. The van der Waals surface area contributed by atoms with Crippen molar-refractivity contribution in [2.75, 3.05) is 26.2 Å². The van der Waals surface area contributed by atoms with E-state index in [1.807, 2.05) is 6.92 Å². The maximum absolute atomic E-state index is 13.2. The second kappa shape index (κ2) is 7.13. The standard InChI is InChI=1S/C21H29N3O3/c1-2-17-11-16(12-18(25)22-17)19(26)24-10-8-21(14-24)7-4-9-23(20(21)27)13-15-5-3-6-15/h11-12,15H,2-10,13-14H2,1H3,(H,22,25). The first-order valence-corrected chi connectivity index (χ1v) is 10.3. The molecule has 3 heterocycles. The number of nitrogens with one attached hydrogen (secondary N) is 1. The van der Waals surface area contributed by atoms with Gasteiger partial charge in [-0.05, 0) is 50.5 Å². The van der Waals surface area contributed by atoms with E-state index in [0.717, 1.165) is 38.0 Å². The molecule has 1 saturated carbocycles. The van der Waals surface area contributed by atoms with Crippen LogP contribution in [0.1, 0.15) is 61.5 Å². The van der Waals surface area contributed by atoms with Gasteiger partial charge in [-0.3, -0.25) is 14.4 Å². The smallest absolute Gasteiger partial charge is 0.254 e. The number of aromatic nitrogens is 1. The Hall–Kier alpha value is -2.11. The van der Waals surface area contributed by atoms with Gasteiger partial charge in [0, 0.05) is 43.5 Å². The zero-order valence-electron chi connectivity index (χ0n) is 16.1. The van der Waals surface area contributed by atoms with Crippen molar-refractivity contribution in [2.24, 2.45) is 11.3 Å². The van der Waals surface area contributed by atoms with E-state index < -0.39 is 5.41 Å². The number of aromatic amines is 1. The summed E-state index contributed by atoms with van der Waals surface area (Å²) in [5.41, 5.74) is 0.543. The van der Waals surface area contributed by atoms with Crippen LogP contribution >= 0.6 is 0 Å². The third kappa shape index (κ3) is 3.42. The molecule has 4 rings (SSSR count). The molecule has 1 aromatic rings. The number of hydrogen-bond acceptors (Lipinski definition) is 3. The number of aryl methyl sites for hydroxylation is 1. The van der Waals surface area contributed by atoms with Crippen LogP contribution in [0, 0.1) is 11.3 Å². The molecule has 146 valence electrons. The molecule has 2 aliphatic heterocycles. The zero-order valence-corrected chi connectivity index (χ0v) is 16.1. The summed E-state index contributed by atoms with van der Waals surface area (Å²) in [6, 6.07) is 3.14. The summed E-state index contributed by atoms with van der Waals surface area (Å²) in [7, 11) is 0. The summed E-state index contributed by atoms with van der Waals surface area (Å²) in [4.78, 5) is 44.6. The Labute approximate surface area is 159 Å². The number of rotatable bonds is 4. The van der Waals surface area contributed by atoms with Gasteiger partial charge in [-0.1, -0.05) is 13.3 Å². The number of hydrogen-bond donors (Lipinski definition) is 1. The van der Waals surface area contributed by atoms with Crippen molar-refractivity contribution in [2.45, 2.75) is 51.9 Å². The van der Waals surface area contributed by atoms with Crippen molar-refractivity contribution in [3.8, 4) is 0 Å². The highest BCUT2D eigenvalue weighted by atomic mass is 16.2. The number of H-pyrrole nitrogens is 1. The first-order valence-electron chi connectivity index (χ1n) is 10.3. The third-order valence-corrected chi connectivity index (χ3v) is 6.70. The topological polar surface area (TPSA) is 73.5 Å². The molecule has 3 aliphatic rings. The van der Waals surface area contributed by atoms with Crippen molar-refractivity contribution < 1.29 is 9.59 Å². The summed E-state index contributed by atoms with van der Waals surface area (Å²) < 4.78 is 0. The fourth-order valence-electron chi connectivity index (χ4n) is 4.84. The predicted octanol–water partition coefficient (Wildman–Crippen LogP) is 2.19. The minimum atomic E-state index is -0.410. The Balaban J connectivity index is 1.48.